The van der Waals surface area contributed by atoms with E-state index in [1.807, 2.05) is 20.8 Å². The lowest BCUT2D eigenvalue weighted by atomic mass is 10.1. The topological polar surface area (TPSA) is 58.6 Å². The maximum atomic E-state index is 11.6. The molecule has 15 heavy (non-hydrogen) atoms. The molecule has 1 aliphatic heterocycles. The highest BCUT2D eigenvalue weighted by molar-refractivity contribution is 5.69. The molecule has 1 fully saturated rings. The molecule has 1 atom stereocenters. The Labute approximate surface area is 89.8 Å². The van der Waals surface area contributed by atoms with E-state index in [1.165, 1.54) is 4.90 Å². The molecule has 1 aliphatic rings. The summed E-state index contributed by atoms with van der Waals surface area (Å²) in [5.74, 6) is -0.133. The number of rotatable bonds is 1. The summed E-state index contributed by atoms with van der Waals surface area (Å²) in [6.07, 6.45) is 0.491. The van der Waals surface area contributed by atoms with Crippen LogP contribution in [-0.4, -0.2) is 42.6 Å². The molecular weight excluding hydrogens is 196 g/mol. The SMILES string of the molecule is CC(C)(C)OC(=O)N1CNCC(C=O)C1. The Hall–Kier alpha value is -1.10. The van der Waals surface area contributed by atoms with Crippen molar-refractivity contribution in [2.75, 3.05) is 19.8 Å². The molecule has 86 valence electrons. The van der Waals surface area contributed by atoms with Gasteiger partial charge in [-0.1, -0.05) is 0 Å². The minimum atomic E-state index is -0.495. The van der Waals surface area contributed by atoms with Crippen LogP contribution in [0.1, 0.15) is 20.8 Å². The fourth-order valence-corrected chi connectivity index (χ4v) is 1.35. The van der Waals surface area contributed by atoms with Crippen molar-refractivity contribution in [2.24, 2.45) is 5.92 Å². The number of carbonyl (C=O) groups excluding carboxylic acids is 2. The highest BCUT2D eigenvalue weighted by atomic mass is 16.6. The van der Waals surface area contributed by atoms with Crippen molar-refractivity contribution in [1.82, 2.24) is 10.2 Å². The third-order valence-electron chi connectivity index (χ3n) is 2.01. The number of nitrogens with zero attached hydrogens (tertiary/aromatic N) is 1. The Balaban J connectivity index is 2.49. The summed E-state index contributed by atoms with van der Waals surface area (Å²) < 4.78 is 5.20. The zero-order chi connectivity index (χ0) is 11.5. The number of nitrogens with one attached hydrogen (secondary N) is 1. The fraction of sp³-hybridized carbons (Fsp3) is 0.800. The Morgan fingerprint density at radius 1 is 1.53 bits per heavy atom. The third kappa shape index (κ3) is 3.87. The second kappa shape index (κ2) is 4.61. The molecule has 1 saturated heterocycles. The van der Waals surface area contributed by atoms with Crippen LogP contribution in [0.4, 0.5) is 4.79 Å². The normalized spacial score (nSPS) is 22.3. The number of hydrogen-bond acceptors (Lipinski definition) is 4. The van der Waals surface area contributed by atoms with E-state index in [-0.39, 0.29) is 12.0 Å². The Kier molecular flexibility index (Phi) is 3.68. The van der Waals surface area contributed by atoms with Gasteiger partial charge in [0.05, 0.1) is 6.67 Å². The molecule has 0 aromatic carbocycles. The Morgan fingerprint density at radius 3 is 2.73 bits per heavy atom. The van der Waals surface area contributed by atoms with E-state index in [0.717, 1.165) is 6.29 Å². The average molecular weight is 214 g/mol. The molecule has 0 spiro atoms. The molecule has 5 heteroatoms. The lowest BCUT2D eigenvalue weighted by molar-refractivity contribution is -0.112. The molecule has 1 amide bonds. The summed E-state index contributed by atoms with van der Waals surface area (Å²) in [6.45, 7) is 6.96. The van der Waals surface area contributed by atoms with Gasteiger partial charge in [0.25, 0.3) is 0 Å². The van der Waals surface area contributed by atoms with Gasteiger partial charge in [-0.15, -0.1) is 0 Å². The van der Waals surface area contributed by atoms with Gasteiger partial charge in [-0.2, -0.15) is 0 Å². The number of aldehydes is 1. The van der Waals surface area contributed by atoms with E-state index < -0.39 is 5.60 Å². The van der Waals surface area contributed by atoms with Gasteiger partial charge >= 0.3 is 6.09 Å². The molecule has 0 radical (unpaired) electrons. The number of hydrogen-bond donors (Lipinski definition) is 1. The molecular formula is C10H18N2O3. The third-order valence-corrected chi connectivity index (χ3v) is 2.01. The van der Waals surface area contributed by atoms with Gasteiger partial charge in [0.1, 0.15) is 11.9 Å². The molecule has 1 rings (SSSR count). The van der Waals surface area contributed by atoms with Crippen LogP contribution in [-0.2, 0) is 9.53 Å². The lowest BCUT2D eigenvalue weighted by Gasteiger charge is -2.32. The number of ether oxygens (including phenoxy) is 1. The zero-order valence-electron chi connectivity index (χ0n) is 9.45. The van der Waals surface area contributed by atoms with Crippen LogP contribution in [0.5, 0.6) is 0 Å². The van der Waals surface area contributed by atoms with E-state index in [4.69, 9.17) is 4.74 Å². The van der Waals surface area contributed by atoms with Crippen molar-refractivity contribution < 1.29 is 14.3 Å². The summed E-state index contributed by atoms with van der Waals surface area (Å²) >= 11 is 0. The zero-order valence-corrected chi connectivity index (χ0v) is 9.45. The molecule has 0 bridgehead atoms. The summed E-state index contributed by atoms with van der Waals surface area (Å²) in [7, 11) is 0. The van der Waals surface area contributed by atoms with Crippen molar-refractivity contribution in [3.63, 3.8) is 0 Å². The maximum Gasteiger partial charge on any atom is 0.411 e. The molecule has 0 aliphatic carbocycles. The van der Waals surface area contributed by atoms with Gasteiger partial charge in [-0.05, 0) is 20.8 Å². The molecule has 1 N–H and O–H groups in total. The Morgan fingerprint density at radius 2 is 2.20 bits per heavy atom. The van der Waals surface area contributed by atoms with E-state index >= 15 is 0 Å². The highest BCUT2D eigenvalue weighted by Gasteiger charge is 2.26. The first-order valence-electron chi connectivity index (χ1n) is 5.06. The Bertz CT molecular complexity index is 248. The number of amides is 1. The maximum absolute atomic E-state index is 11.6. The van der Waals surface area contributed by atoms with Gasteiger partial charge in [0.2, 0.25) is 0 Å². The van der Waals surface area contributed by atoms with Gasteiger partial charge in [0.15, 0.2) is 0 Å². The van der Waals surface area contributed by atoms with Gasteiger partial charge < -0.3 is 9.53 Å². The van der Waals surface area contributed by atoms with Crippen LogP contribution >= 0.6 is 0 Å². The quantitative estimate of drug-likeness (QED) is 0.649. The van der Waals surface area contributed by atoms with Crippen LogP contribution in [0, 0.1) is 5.92 Å². The van der Waals surface area contributed by atoms with E-state index in [2.05, 4.69) is 5.32 Å². The molecule has 1 unspecified atom stereocenters. The minimum Gasteiger partial charge on any atom is -0.444 e. The van der Waals surface area contributed by atoms with Crippen molar-refractivity contribution in [3.8, 4) is 0 Å². The van der Waals surface area contributed by atoms with Crippen molar-refractivity contribution in [2.45, 2.75) is 26.4 Å². The molecule has 5 nitrogen and oxygen atoms in total. The van der Waals surface area contributed by atoms with E-state index in [9.17, 15) is 9.59 Å². The van der Waals surface area contributed by atoms with Crippen LogP contribution in [0.2, 0.25) is 0 Å². The van der Waals surface area contributed by atoms with Crippen LogP contribution in [0.15, 0.2) is 0 Å². The second-order valence-electron chi connectivity index (χ2n) is 4.71. The van der Waals surface area contributed by atoms with E-state index in [1.54, 1.807) is 0 Å². The molecule has 1 heterocycles. The van der Waals surface area contributed by atoms with Crippen molar-refractivity contribution >= 4 is 12.4 Å². The molecule has 0 saturated carbocycles. The van der Waals surface area contributed by atoms with Crippen molar-refractivity contribution in [3.05, 3.63) is 0 Å². The molecule has 0 aromatic heterocycles. The fourth-order valence-electron chi connectivity index (χ4n) is 1.35. The van der Waals surface area contributed by atoms with Crippen LogP contribution in [0.25, 0.3) is 0 Å². The van der Waals surface area contributed by atoms with Crippen LogP contribution in [0.3, 0.4) is 0 Å². The lowest BCUT2D eigenvalue weighted by Crippen LogP contribution is -2.51. The predicted molar refractivity (Wildman–Crippen MR) is 55.4 cm³/mol. The summed E-state index contributed by atoms with van der Waals surface area (Å²) in [5, 5.41) is 3.00. The highest BCUT2D eigenvalue weighted by Crippen LogP contribution is 2.11. The van der Waals surface area contributed by atoms with Gasteiger partial charge in [-0.3, -0.25) is 10.2 Å². The second-order valence-corrected chi connectivity index (χ2v) is 4.71. The average Bonchev–Trinajstić information content (AvgIpc) is 2.15. The number of carbonyl (C=O) groups is 2. The first-order valence-corrected chi connectivity index (χ1v) is 5.06. The molecule has 0 aromatic rings. The van der Waals surface area contributed by atoms with Crippen molar-refractivity contribution in [1.29, 1.82) is 0 Å². The van der Waals surface area contributed by atoms with Gasteiger partial charge in [0, 0.05) is 19.0 Å². The summed E-state index contributed by atoms with van der Waals surface area (Å²) in [5.41, 5.74) is -0.495. The van der Waals surface area contributed by atoms with Crippen LogP contribution < -0.4 is 5.32 Å². The summed E-state index contributed by atoms with van der Waals surface area (Å²) in [6, 6.07) is 0. The summed E-state index contributed by atoms with van der Waals surface area (Å²) in [4.78, 5) is 23.7. The first-order chi connectivity index (χ1) is 6.92. The standard InChI is InChI=1S/C10H18N2O3/c1-10(2,3)15-9(14)12-5-8(6-13)4-11-7-12/h6,8,11H,4-5,7H2,1-3H3. The first kappa shape index (κ1) is 12.0. The smallest absolute Gasteiger partial charge is 0.411 e. The van der Waals surface area contributed by atoms with E-state index in [0.29, 0.717) is 19.8 Å². The largest absolute Gasteiger partial charge is 0.444 e. The monoisotopic (exact) mass is 214 g/mol. The minimum absolute atomic E-state index is 0.133. The predicted octanol–water partition coefficient (Wildman–Crippen LogP) is 0.599. The van der Waals surface area contributed by atoms with Gasteiger partial charge in [-0.25, -0.2) is 4.79 Å².